The number of nitrogens with two attached hydrogens (primary N) is 1. The number of hydrogen-bond acceptors (Lipinski definition) is 3. The molecule has 1 aromatic rings. The number of halogens is 1. The molecule has 4 heteroatoms. The van der Waals surface area contributed by atoms with Gasteiger partial charge in [-0.3, -0.25) is 0 Å². The molecule has 0 amide bonds. The Balaban J connectivity index is 2.66. The first-order chi connectivity index (χ1) is 6.69. The fourth-order valence-electron chi connectivity index (χ4n) is 1.49. The van der Waals surface area contributed by atoms with Crippen LogP contribution in [0.4, 0.5) is 0 Å². The normalized spacial score (nSPS) is 15.4. The van der Waals surface area contributed by atoms with E-state index in [0.29, 0.717) is 11.6 Å². The second-order valence-corrected chi connectivity index (χ2v) is 4.78. The molecule has 1 aromatic heterocycles. The first kappa shape index (κ1) is 12.0. The lowest BCUT2D eigenvalue weighted by atomic mass is 9.96. The first-order valence-electron chi connectivity index (χ1n) is 4.81. The van der Waals surface area contributed by atoms with Crippen LogP contribution in [0.5, 0.6) is 0 Å². The van der Waals surface area contributed by atoms with E-state index >= 15 is 0 Å². The van der Waals surface area contributed by atoms with Gasteiger partial charge in [0.1, 0.15) is 0 Å². The summed E-state index contributed by atoms with van der Waals surface area (Å²) in [5, 5.41) is 12.5. The minimum Gasteiger partial charge on any atom is -0.387 e. The van der Waals surface area contributed by atoms with Gasteiger partial charge >= 0.3 is 0 Å². The average Bonchev–Trinajstić information content (AvgIpc) is 2.60. The summed E-state index contributed by atoms with van der Waals surface area (Å²) in [4.78, 5) is 0.916. The highest BCUT2D eigenvalue weighted by Crippen LogP contribution is 2.31. The Morgan fingerprint density at radius 2 is 2.36 bits per heavy atom. The zero-order chi connectivity index (χ0) is 10.6. The van der Waals surface area contributed by atoms with E-state index in [9.17, 15) is 5.11 Å². The lowest BCUT2D eigenvalue weighted by Gasteiger charge is -2.19. The van der Waals surface area contributed by atoms with Gasteiger partial charge in [0.25, 0.3) is 0 Å². The average molecular weight is 234 g/mol. The Kier molecular flexibility index (Phi) is 4.89. The molecule has 0 aliphatic carbocycles. The van der Waals surface area contributed by atoms with Gasteiger partial charge in [-0.1, -0.05) is 24.9 Å². The van der Waals surface area contributed by atoms with E-state index in [0.717, 1.165) is 17.7 Å². The SMILES string of the molecule is CCCC(CN)C(O)c1cc(Cl)cs1. The smallest absolute Gasteiger partial charge is 0.0922 e. The molecule has 2 unspecified atom stereocenters. The van der Waals surface area contributed by atoms with E-state index in [2.05, 4.69) is 6.92 Å². The number of hydrogen-bond donors (Lipinski definition) is 2. The molecule has 0 aliphatic rings. The number of aliphatic hydroxyl groups is 1. The van der Waals surface area contributed by atoms with Gasteiger partial charge in [0.15, 0.2) is 0 Å². The maximum atomic E-state index is 10.00. The van der Waals surface area contributed by atoms with Crippen molar-refractivity contribution in [3.8, 4) is 0 Å². The molecular weight excluding hydrogens is 218 g/mol. The lowest BCUT2D eigenvalue weighted by molar-refractivity contribution is 0.110. The molecule has 0 bridgehead atoms. The second-order valence-electron chi connectivity index (χ2n) is 3.40. The van der Waals surface area contributed by atoms with Crippen LogP contribution < -0.4 is 5.73 Å². The van der Waals surface area contributed by atoms with Crippen LogP contribution in [0.2, 0.25) is 5.02 Å². The maximum absolute atomic E-state index is 10.00. The highest BCUT2D eigenvalue weighted by Gasteiger charge is 2.20. The van der Waals surface area contributed by atoms with Crippen LogP contribution in [-0.2, 0) is 0 Å². The Hall–Kier alpha value is -0.0900. The highest BCUT2D eigenvalue weighted by atomic mass is 35.5. The predicted octanol–water partition coefficient (Wildman–Crippen LogP) is 2.81. The van der Waals surface area contributed by atoms with Gasteiger partial charge in [-0.2, -0.15) is 0 Å². The molecule has 0 aliphatic heterocycles. The summed E-state index contributed by atoms with van der Waals surface area (Å²) in [6, 6.07) is 1.81. The number of rotatable bonds is 5. The monoisotopic (exact) mass is 233 g/mol. The zero-order valence-electron chi connectivity index (χ0n) is 8.24. The van der Waals surface area contributed by atoms with Crippen LogP contribution in [0, 0.1) is 5.92 Å². The predicted molar refractivity (Wildman–Crippen MR) is 61.7 cm³/mol. The Bertz CT molecular complexity index is 277. The van der Waals surface area contributed by atoms with Crippen LogP contribution in [-0.4, -0.2) is 11.7 Å². The van der Waals surface area contributed by atoms with Crippen LogP contribution in [0.1, 0.15) is 30.7 Å². The van der Waals surface area contributed by atoms with Gasteiger partial charge in [-0.25, -0.2) is 0 Å². The van der Waals surface area contributed by atoms with Gasteiger partial charge in [0.05, 0.1) is 11.1 Å². The van der Waals surface area contributed by atoms with E-state index in [1.165, 1.54) is 11.3 Å². The van der Waals surface area contributed by atoms with Crippen molar-refractivity contribution in [3.05, 3.63) is 21.3 Å². The van der Waals surface area contributed by atoms with E-state index in [-0.39, 0.29) is 5.92 Å². The Labute approximate surface area is 93.7 Å². The van der Waals surface area contributed by atoms with Gasteiger partial charge in [-0.15, -0.1) is 11.3 Å². The van der Waals surface area contributed by atoms with Gasteiger partial charge in [0.2, 0.25) is 0 Å². The molecule has 0 saturated heterocycles. The van der Waals surface area contributed by atoms with E-state index < -0.39 is 6.10 Å². The number of aliphatic hydroxyl groups excluding tert-OH is 1. The molecule has 0 radical (unpaired) electrons. The third-order valence-electron chi connectivity index (χ3n) is 2.29. The summed E-state index contributed by atoms with van der Waals surface area (Å²) in [5.74, 6) is 0.148. The molecule has 0 spiro atoms. The summed E-state index contributed by atoms with van der Waals surface area (Å²) in [6.45, 7) is 2.61. The maximum Gasteiger partial charge on any atom is 0.0922 e. The van der Waals surface area contributed by atoms with Crippen molar-refractivity contribution >= 4 is 22.9 Å². The molecule has 2 atom stereocenters. The summed E-state index contributed by atoms with van der Waals surface area (Å²) in [5.41, 5.74) is 5.62. The third kappa shape index (κ3) is 2.95. The lowest BCUT2D eigenvalue weighted by Crippen LogP contribution is -2.21. The first-order valence-corrected chi connectivity index (χ1v) is 6.06. The molecule has 1 heterocycles. The Morgan fingerprint density at radius 1 is 1.64 bits per heavy atom. The summed E-state index contributed by atoms with van der Waals surface area (Å²) in [7, 11) is 0. The third-order valence-corrected chi connectivity index (χ3v) is 3.64. The zero-order valence-corrected chi connectivity index (χ0v) is 9.81. The minimum absolute atomic E-state index is 0.148. The molecule has 1 rings (SSSR count). The molecule has 80 valence electrons. The minimum atomic E-state index is -0.461. The van der Waals surface area contributed by atoms with Gasteiger partial charge in [0, 0.05) is 16.2 Å². The topological polar surface area (TPSA) is 46.2 Å². The van der Waals surface area contributed by atoms with Crippen molar-refractivity contribution in [2.75, 3.05) is 6.54 Å². The van der Waals surface area contributed by atoms with Crippen LogP contribution in [0.25, 0.3) is 0 Å². The van der Waals surface area contributed by atoms with Crippen molar-refractivity contribution < 1.29 is 5.11 Å². The molecule has 0 aromatic carbocycles. The van der Waals surface area contributed by atoms with Crippen molar-refractivity contribution in [2.45, 2.75) is 25.9 Å². The van der Waals surface area contributed by atoms with Gasteiger partial charge < -0.3 is 10.8 Å². The highest BCUT2D eigenvalue weighted by molar-refractivity contribution is 7.10. The van der Waals surface area contributed by atoms with Gasteiger partial charge in [-0.05, 0) is 19.0 Å². The van der Waals surface area contributed by atoms with E-state index in [1.807, 2.05) is 11.4 Å². The molecule has 14 heavy (non-hydrogen) atoms. The molecule has 0 fully saturated rings. The molecule has 3 N–H and O–H groups in total. The molecule has 0 saturated carbocycles. The fraction of sp³-hybridized carbons (Fsp3) is 0.600. The standard InChI is InChI=1S/C10H16ClNOS/c1-2-3-7(5-12)10(13)9-4-8(11)6-14-9/h4,6-7,10,13H,2-3,5,12H2,1H3. The largest absolute Gasteiger partial charge is 0.387 e. The molecule has 2 nitrogen and oxygen atoms in total. The quantitative estimate of drug-likeness (QED) is 0.822. The summed E-state index contributed by atoms with van der Waals surface area (Å²) in [6.07, 6.45) is 1.53. The molecular formula is C10H16ClNOS. The van der Waals surface area contributed by atoms with Crippen molar-refractivity contribution in [1.29, 1.82) is 0 Å². The summed E-state index contributed by atoms with van der Waals surface area (Å²) < 4.78 is 0. The number of thiophene rings is 1. The van der Waals surface area contributed by atoms with Crippen molar-refractivity contribution in [2.24, 2.45) is 11.7 Å². The van der Waals surface area contributed by atoms with Crippen LogP contribution >= 0.6 is 22.9 Å². The van der Waals surface area contributed by atoms with Crippen molar-refractivity contribution in [1.82, 2.24) is 0 Å². The Morgan fingerprint density at radius 3 is 2.79 bits per heavy atom. The van der Waals surface area contributed by atoms with E-state index in [1.54, 1.807) is 0 Å². The van der Waals surface area contributed by atoms with Crippen molar-refractivity contribution in [3.63, 3.8) is 0 Å². The second kappa shape index (κ2) is 5.71. The fourth-order valence-corrected chi connectivity index (χ4v) is 2.65. The summed E-state index contributed by atoms with van der Waals surface area (Å²) >= 11 is 7.29. The van der Waals surface area contributed by atoms with E-state index in [4.69, 9.17) is 17.3 Å². The van der Waals surface area contributed by atoms with Crippen LogP contribution in [0.15, 0.2) is 11.4 Å². The van der Waals surface area contributed by atoms with Crippen LogP contribution in [0.3, 0.4) is 0 Å².